The third-order valence-electron chi connectivity index (χ3n) is 7.86. The van der Waals surface area contributed by atoms with Crippen molar-refractivity contribution in [2.75, 3.05) is 35.0 Å². The Kier molecular flexibility index (Phi) is 11.5. The largest absolute Gasteiger partial charge is 0.492 e. The molecule has 3 aromatic rings. The molecule has 3 rings (SSSR count). The van der Waals surface area contributed by atoms with Crippen LogP contribution >= 0.6 is 0 Å². The first-order valence-electron chi connectivity index (χ1n) is 14.4. The van der Waals surface area contributed by atoms with Gasteiger partial charge in [0, 0.05) is 17.7 Å². The van der Waals surface area contributed by atoms with E-state index in [0.29, 0.717) is 23.0 Å². The van der Waals surface area contributed by atoms with Gasteiger partial charge in [-0.05, 0) is 54.9 Å². The quantitative estimate of drug-likeness (QED) is 0.115. The first-order valence-corrected chi connectivity index (χ1v) is 16.3. The SMILES string of the molecule is COc1c(C)c(C/C=C(/C)CCCCO[Si](c2ccccc2)(c2ccccc2)C(C)(C)C)c(OC)c(OC)c1OC. The highest BCUT2D eigenvalue weighted by atomic mass is 28.4. The molecule has 0 saturated carbocycles. The molecule has 0 fully saturated rings. The second-order valence-corrected chi connectivity index (χ2v) is 15.8. The number of benzene rings is 3. The number of methoxy groups -OCH3 is 4. The molecular formula is C35H48O5Si. The Bertz CT molecular complexity index is 1240. The van der Waals surface area contributed by atoms with Gasteiger partial charge in [0.1, 0.15) is 0 Å². The fourth-order valence-electron chi connectivity index (χ4n) is 5.77. The summed E-state index contributed by atoms with van der Waals surface area (Å²) < 4.78 is 29.7. The average Bonchev–Trinajstić information content (AvgIpc) is 2.97. The summed E-state index contributed by atoms with van der Waals surface area (Å²) in [4.78, 5) is 0. The van der Waals surface area contributed by atoms with E-state index in [1.54, 1.807) is 28.4 Å². The fraction of sp³-hybridized carbons (Fsp3) is 0.429. The summed E-state index contributed by atoms with van der Waals surface area (Å²) >= 11 is 0. The third-order valence-corrected chi connectivity index (χ3v) is 12.9. The summed E-state index contributed by atoms with van der Waals surface area (Å²) in [5.74, 6) is 2.46. The van der Waals surface area contributed by atoms with Gasteiger partial charge < -0.3 is 23.4 Å². The van der Waals surface area contributed by atoms with E-state index in [2.05, 4.69) is 94.4 Å². The predicted octanol–water partition coefficient (Wildman–Crippen LogP) is 7.27. The van der Waals surface area contributed by atoms with Crippen molar-refractivity contribution in [3.8, 4) is 23.0 Å². The maximum atomic E-state index is 7.06. The van der Waals surface area contributed by atoms with Crippen LogP contribution in [0.1, 0.15) is 58.1 Å². The van der Waals surface area contributed by atoms with Crippen LogP contribution < -0.4 is 29.3 Å². The van der Waals surface area contributed by atoms with Gasteiger partial charge >= 0.3 is 0 Å². The van der Waals surface area contributed by atoms with Crippen LogP contribution in [-0.2, 0) is 10.8 Å². The van der Waals surface area contributed by atoms with Crippen LogP contribution in [-0.4, -0.2) is 43.4 Å². The van der Waals surface area contributed by atoms with E-state index in [1.165, 1.54) is 15.9 Å². The van der Waals surface area contributed by atoms with Crippen molar-refractivity contribution < 1.29 is 23.4 Å². The Labute approximate surface area is 248 Å². The van der Waals surface area contributed by atoms with Crippen LogP contribution in [0, 0.1) is 6.92 Å². The second-order valence-electron chi connectivity index (χ2n) is 11.5. The molecule has 0 N–H and O–H groups in total. The Balaban J connectivity index is 1.73. The molecule has 0 aromatic heterocycles. The lowest BCUT2D eigenvalue weighted by atomic mass is 9.99. The minimum absolute atomic E-state index is 0.0110. The molecule has 3 aromatic carbocycles. The maximum Gasteiger partial charge on any atom is 0.261 e. The number of allylic oxidation sites excluding steroid dienone is 2. The van der Waals surface area contributed by atoms with Crippen LogP contribution in [0.2, 0.25) is 5.04 Å². The molecule has 5 nitrogen and oxygen atoms in total. The fourth-order valence-corrected chi connectivity index (χ4v) is 10.4. The lowest BCUT2D eigenvalue weighted by Gasteiger charge is -2.43. The number of rotatable bonds is 14. The highest BCUT2D eigenvalue weighted by Crippen LogP contribution is 2.49. The number of hydrogen-bond acceptors (Lipinski definition) is 5. The first-order chi connectivity index (χ1) is 19.7. The molecule has 0 saturated heterocycles. The van der Waals surface area contributed by atoms with Crippen molar-refractivity contribution in [3.05, 3.63) is 83.4 Å². The summed E-state index contributed by atoms with van der Waals surface area (Å²) in [5, 5.41) is 2.64. The zero-order chi connectivity index (χ0) is 30.0. The molecule has 222 valence electrons. The summed E-state index contributed by atoms with van der Waals surface area (Å²) in [5.41, 5.74) is 3.37. The molecule has 0 heterocycles. The predicted molar refractivity (Wildman–Crippen MR) is 172 cm³/mol. The van der Waals surface area contributed by atoms with Crippen molar-refractivity contribution in [2.24, 2.45) is 0 Å². The zero-order valence-electron chi connectivity index (χ0n) is 26.4. The molecule has 0 amide bonds. The van der Waals surface area contributed by atoms with Crippen molar-refractivity contribution >= 4 is 18.7 Å². The van der Waals surface area contributed by atoms with Gasteiger partial charge in [-0.2, -0.15) is 0 Å². The minimum atomic E-state index is -2.49. The molecule has 0 aliphatic carbocycles. The van der Waals surface area contributed by atoms with Crippen LogP contribution in [0.25, 0.3) is 0 Å². The highest BCUT2D eigenvalue weighted by Gasteiger charge is 2.49. The van der Waals surface area contributed by atoms with Crippen molar-refractivity contribution in [3.63, 3.8) is 0 Å². The summed E-state index contributed by atoms with van der Waals surface area (Å²) in [6.07, 6.45) is 6.07. The molecule has 0 aliphatic rings. The normalized spacial score (nSPS) is 12.3. The Hall–Kier alpha value is -3.22. The molecule has 0 radical (unpaired) electrons. The number of ether oxygens (including phenoxy) is 4. The third kappa shape index (κ3) is 6.99. The van der Waals surface area contributed by atoms with Gasteiger partial charge in [-0.15, -0.1) is 0 Å². The highest BCUT2D eigenvalue weighted by molar-refractivity contribution is 6.99. The van der Waals surface area contributed by atoms with Gasteiger partial charge in [0.2, 0.25) is 11.5 Å². The standard InChI is InChI=1S/C35H48O5Si/c1-26(23-24-30-27(2)31(36-6)33(38-8)34(39-9)32(30)37-7)18-16-17-25-40-41(35(3,4)5,28-19-12-10-13-20-28)29-21-14-11-15-22-29/h10-15,19-23H,16-18,24-25H2,1-9H3/b26-23-. The van der Waals surface area contributed by atoms with Crippen molar-refractivity contribution in [1.29, 1.82) is 0 Å². The van der Waals surface area contributed by atoms with E-state index in [-0.39, 0.29) is 5.04 Å². The summed E-state index contributed by atoms with van der Waals surface area (Å²) in [7, 11) is 4.05. The van der Waals surface area contributed by atoms with E-state index < -0.39 is 8.32 Å². The maximum absolute atomic E-state index is 7.06. The smallest absolute Gasteiger partial charge is 0.261 e. The molecule has 0 atom stereocenters. The second kappa shape index (κ2) is 14.6. The average molecular weight is 577 g/mol. The Morgan fingerprint density at radius 3 is 1.66 bits per heavy atom. The van der Waals surface area contributed by atoms with E-state index in [1.807, 2.05) is 6.92 Å². The molecular weight excluding hydrogens is 528 g/mol. The molecule has 0 unspecified atom stereocenters. The van der Waals surface area contributed by atoms with Gasteiger partial charge in [0.15, 0.2) is 11.5 Å². The molecule has 0 spiro atoms. The lowest BCUT2D eigenvalue weighted by molar-refractivity contribution is 0.288. The molecule has 0 bridgehead atoms. The lowest BCUT2D eigenvalue weighted by Crippen LogP contribution is -2.66. The minimum Gasteiger partial charge on any atom is -0.492 e. The van der Waals surface area contributed by atoms with Gasteiger partial charge in [0.25, 0.3) is 8.32 Å². The number of unbranched alkanes of at least 4 members (excludes halogenated alkanes) is 1. The van der Waals surface area contributed by atoms with E-state index >= 15 is 0 Å². The van der Waals surface area contributed by atoms with E-state index in [9.17, 15) is 0 Å². The van der Waals surface area contributed by atoms with Crippen LogP contribution in [0.4, 0.5) is 0 Å². The molecule has 41 heavy (non-hydrogen) atoms. The van der Waals surface area contributed by atoms with Gasteiger partial charge in [-0.3, -0.25) is 0 Å². The molecule has 6 heteroatoms. The van der Waals surface area contributed by atoms with E-state index in [0.717, 1.165) is 43.4 Å². The van der Waals surface area contributed by atoms with Gasteiger partial charge in [-0.1, -0.05) is 93.1 Å². The Morgan fingerprint density at radius 1 is 0.707 bits per heavy atom. The monoisotopic (exact) mass is 576 g/mol. The van der Waals surface area contributed by atoms with Crippen LogP contribution in [0.3, 0.4) is 0 Å². The van der Waals surface area contributed by atoms with Crippen LogP contribution in [0.15, 0.2) is 72.3 Å². The topological polar surface area (TPSA) is 46.2 Å². The van der Waals surface area contributed by atoms with Crippen molar-refractivity contribution in [1.82, 2.24) is 0 Å². The Morgan fingerprint density at radius 2 is 1.20 bits per heavy atom. The summed E-state index contributed by atoms with van der Waals surface area (Å²) in [6.45, 7) is 11.9. The number of hydrogen-bond donors (Lipinski definition) is 0. The van der Waals surface area contributed by atoms with E-state index in [4.69, 9.17) is 23.4 Å². The summed E-state index contributed by atoms with van der Waals surface area (Å²) in [6, 6.07) is 21.7. The van der Waals surface area contributed by atoms with Crippen molar-refractivity contribution in [2.45, 2.75) is 65.3 Å². The van der Waals surface area contributed by atoms with Gasteiger partial charge in [-0.25, -0.2) is 0 Å². The van der Waals surface area contributed by atoms with Gasteiger partial charge in [0.05, 0.1) is 28.4 Å². The molecule has 0 aliphatic heterocycles. The first kappa shape index (κ1) is 32.3. The zero-order valence-corrected chi connectivity index (χ0v) is 27.4. The van der Waals surface area contributed by atoms with Crippen LogP contribution in [0.5, 0.6) is 23.0 Å².